The number of alkyl halides is 2. The summed E-state index contributed by atoms with van der Waals surface area (Å²) in [6, 6.07) is 11.9. The molecule has 2 aromatic carbocycles. The molecular weight excluding hydrogens is 380 g/mol. The molecule has 1 amide bonds. The number of benzene rings is 2. The number of carbonyl (C=O) groups excluding carboxylic acids is 1. The average molecular weight is 397 g/mol. The Labute approximate surface area is 158 Å². The van der Waals surface area contributed by atoms with Crippen LogP contribution >= 0.6 is 23.5 Å². The Bertz CT molecular complexity index is 757. The van der Waals surface area contributed by atoms with E-state index >= 15 is 0 Å². The number of thioether (sulfide) groups is 2. The van der Waals surface area contributed by atoms with Crippen LogP contribution in [-0.2, 0) is 4.79 Å². The fourth-order valence-electron chi connectivity index (χ4n) is 2.30. The topological polar surface area (TPSA) is 47.6 Å². The third-order valence-electron chi connectivity index (χ3n) is 3.45. The summed E-state index contributed by atoms with van der Waals surface area (Å²) < 4.78 is 35.8. The van der Waals surface area contributed by atoms with Crippen molar-refractivity contribution in [1.29, 1.82) is 0 Å². The largest absolute Gasteiger partial charge is 0.490 e. The standard InChI is InChI=1S/C18H17F2NO3S2/c19-18(20)26-13-4-2-12(3-5-13)21-17(22)11-25-14-6-7-15-16(10-14)24-9-1-8-23-15/h2-7,10,18H,1,8-9,11H2,(H,21,22). The van der Waals surface area contributed by atoms with Gasteiger partial charge in [0.2, 0.25) is 5.91 Å². The molecule has 1 aliphatic rings. The highest BCUT2D eigenvalue weighted by Crippen LogP contribution is 2.34. The van der Waals surface area contributed by atoms with Crippen molar-refractivity contribution in [3.63, 3.8) is 0 Å². The number of halogens is 2. The van der Waals surface area contributed by atoms with Crippen LogP contribution in [0.25, 0.3) is 0 Å². The van der Waals surface area contributed by atoms with Crippen LogP contribution in [0.5, 0.6) is 11.5 Å². The maximum Gasteiger partial charge on any atom is 0.288 e. The molecule has 26 heavy (non-hydrogen) atoms. The molecule has 0 aromatic heterocycles. The molecule has 138 valence electrons. The second kappa shape index (κ2) is 9.14. The van der Waals surface area contributed by atoms with Crippen molar-refractivity contribution < 1.29 is 23.0 Å². The lowest BCUT2D eigenvalue weighted by atomic mass is 10.3. The van der Waals surface area contributed by atoms with Crippen LogP contribution in [0.3, 0.4) is 0 Å². The zero-order valence-corrected chi connectivity index (χ0v) is 15.4. The molecule has 4 nitrogen and oxygen atoms in total. The van der Waals surface area contributed by atoms with Gasteiger partial charge in [0.05, 0.1) is 19.0 Å². The number of hydrogen-bond acceptors (Lipinski definition) is 5. The zero-order valence-electron chi connectivity index (χ0n) is 13.7. The van der Waals surface area contributed by atoms with Crippen LogP contribution in [0.2, 0.25) is 0 Å². The monoisotopic (exact) mass is 397 g/mol. The van der Waals surface area contributed by atoms with Gasteiger partial charge in [0.1, 0.15) is 0 Å². The Hall–Kier alpha value is -1.93. The maximum atomic E-state index is 12.3. The minimum absolute atomic E-state index is 0.170. The van der Waals surface area contributed by atoms with Gasteiger partial charge in [0, 0.05) is 21.9 Å². The summed E-state index contributed by atoms with van der Waals surface area (Å²) >= 11 is 1.86. The molecule has 0 radical (unpaired) electrons. The van der Waals surface area contributed by atoms with E-state index in [4.69, 9.17) is 9.47 Å². The summed E-state index contributed by atoms with van der Waals surface area (Å²) in [5, 5.41) is 2.75. The summed E-state index contributed by atoms with van der Waals surface area (Å²) in [5.74, 6) is -0.982. The van der Waals surface area contributed by atoms with Gasteiger partial charge in [-0.1, -0.05) is 11.8 Å². The first-order chi connectivity index (χ1) is 12.6. The number of amides is 1. The molecule has 0 unspecified atom stereocenters. The molecule has 0 saturated carbocycles. The number of rotatable bonds is 6. The van der Waals surface area contributed by atoms with E-state index in [1.807, 2.05) is 18.2 Å². The van der Waals surface area contributed by atoms with Crippen LogP contribution < -0.4 is 14.8 Å². The molecule has 0 fully saturated rings. The Kier molecular flexibility index (Phi) is 6.62. The molecular formula is C18H17F2NO3S2. The van der Waals surface area contributed by atoms with Gasteiger partial charge in [-0.05, 0) is 42.5 Å². The van der Waals surface area contributed by atoms with Crippen molar-refractivity contribution in [2.45, 2.75) is 22.0 Å². The van der Waals surface area contributed by atoms with E-state index in [0.717, 1.165) is 17.1 Å². The first-order valence-electron chi connectivity index (χ1n) is 7.97. The highest BCUT2D eigenvalue weighted by molar-refractivity contribution is 8.00. The molecule has 3 rings (SSSR count). The van der Waals surface area contributed by atoms with E-state index < -0.39 is 5.76 Å². The Morgan fingerprint density at radius 1 is 1.04 bits per heavy atom. The van der Waals surface area contributed by atoms with Crippen LogP contribution in [0.4, 0.5) is 14.5 Å². The van der Waals surface area contributed by atoms with Crippen molar-refractivity contribution >= 4 is 35.1 Å². The van der Waals surface area contributed by atoms with Crippen molar-refractivity contribution in [2.75, 3.05) is 24.3 Å². The molecule has 0 bridgehead atoms. The third-order valence-corrected chi connectivity index (χ3v) is 5.17. The van der Waals surface area contributed by atoms with Crippen molar-refractivity contribution in [3.05, 3.63) is 42.5 Å². The fraction of sp³-hybridized carbons (Fsp3) is 0.278. The van der Waals surface area contributed by atoms with Crippen molar-refractivity contribution in [2.24, 2.45) is 0 Å². The average Bonchev–Trinajstić information content (AvgIpc) is 2.86. The summed E-state index contributed by atoms with van der Waals surface area (Å²) in [4.78, 5) is 13.4. The molecule has 1 heterocycles. The third kappa shape index (κ3) is 5.54. The lowest BCUT2D eigenvalue weighted by Gasteiger charge is -2.09. The Morgan fingerprint density at radius 3 is 2.46 bits per heavy atom. The summed E-state index contributed by atoms with van der Waals surface area (Å²) in [6.45, 7) is 1.25. The lowest BCUT2D eigenvalue weighted by Crippen LogP contribution is -2.13. The molecule has 0 aliphatic carbocycles. The van der Waals surface area contributed by atoms with Gasteiger partial charge in [-0.2, -0.15) is 8.78 Å². The number of fused-ring (bicyclic) bond motifs is 1. The predicted molar refractivity (Wildman–Crippen MR) is 99.7 cm³/mol. The van der Waals surface area contributed by atoms with Crippen LogP contribution in [0.15, 0.2) is 52.3 Å². The van der Waals surface area contributed by atoms with Crippen LogP contribution in [0.1, 0.15) is 6.42 Å². The summed E-state index contributed by atoms with van der Waals surface area (Å²) in [5.41, 5.74) is 0.577. The maximum absolute atomic E-state index is 12.3. The molecule has 2 aromatic rings. The van der Waals surface area contributed by atoms with Gasteiger partial charge >= 0.3 is 0 Å². The Balaban J connectivity index is 1.51. The highest BCUT2D eigenvalue weighted by Gasteiger charge is 2.12. The van der Waals surface area contributed by atoms with Gasteiger partial charge in [-0.25, -0.2) is 0 Å². The van der Waals surface area contributed by atoms with Crippen molar-refractivity contribution in [3.8, 4) is 11.5 Å². The van der Waals surface area contributed by atoms with Gasteiger partial charge in [-0.15, -0.1) is 11.8 Å². The number of nitrogens with one attached hydrogen (secondary N) is 1. The van der Waals surface area contributed by atoms with E-state index in [9.17, 15) is 13.6 Å². The van der Waals surface area contributed by atoms with E-state index in [-0.39, 0.29) is 11.7 Å². The van der Waals surface area contributed by atoms with E-state index in [1.54, 1.807) is 24.3 Å². The molecule has 0 atom stereocenters. The van der Waals surface area contributed by atoms with E-state index in [0.29, 0.717) is 41.3 Å². The van der Waals surface area contributed by atoms with E-state index in [1.165, 1.54) is 11.8 Å². The first kappa shape index (κ1) is 18.8. The van der Waals surface area contributed by atoms with E-state index in [2.05, 4.69) is 5.32 Å². The highest BCUT2D eigenvalue weighted by atomic mass is 32.2. The quantitative estimate of drug-likeness (QED) is 0.703. The van der Waals surface area contributed by atoms with Gasteiger partial charge in [-0.3, -0.25) is 4.79 Å². The number of carbonyl (C=O) groups is 1. The van der Waals surface area contributed by atoms with Gasteiger partial charge in [0.15, 0.2) is 11.5 Å². The molecule has 1 N–H and O–H groups in total. The zero-order chi connectivity index (χ0) is 18.4. The van der Waals surface area contributed by atoms with Crippen LogP contribution in [-0.4, -0.2) is 30.6 Å². The second-order valence-electron chi connectivity index (χ2n) is 5.40. The Morgan fingerprint density at radius 2 is 1.73 bits per heavy atom. The molecule has 8 heteroatoms. The normalized spacial score (nSPS) is 13.3. The van der Waals surface area contributed by atoms with Gasteiger partial charge < -0.3 is 14.8 Å². The van der Waals surface area contributed by atoms with Crippen molar-refractivity contribution in [1.82, 2.24) is 0 Å². The lowest BCUT2D eigenvalue weighted by molar-refractivity contribution is -0.113. The summed E-state index contributed by atoms with van der Waals surface area (Å²) in [6.07, 6.45) is 0.841. The smallest absolute Gasteiger partial charge is 0.288 e. The second-order valence-corrected chi connectivity index (χ2v) is 7.51. The fourth-order valence-corrected chi connectivity index (χ4v) is 3.52. The minimum atomic E-state index is -2.46. The number of ether oxygens (including phenoxy) is 2. The minimum Gasteiger partial charge on any atom is -0.490 e. The van der Waals surface area contributed by atoms with Crippen LogP contribution in [0, 0.1) is 0 Å². The van der Waals surface area contributed by atoms with Gasteiger partial charge in [0.25, 0.3) is 5.76 Å². The molecule has 0 spiro atoms. The SMILES string of the molecule is O=C(CSc1ccc2c(c1)OCCCO2)Nc1ccc(SC(F)F)cc1. The predicted octanol–water partition coefficient (Wildman–Crippen LogP) is 4.89. The summed E-state index contributed by atoms with van der Waals surface area (Å²) in [7, 11) is 0. The number of anilines is 1. The first-order valence-corrected chi connectivity index (χ1v) is 9.84. The number of hydrogen-bond donors (Lipinski definition) is 1. The molecule has 1 aliphatic heterocycles. The molecule has 0 saturated heterocycles.